The standard InChI is InChI=1S/C20H29N3O3S/c24-20(22-13-11-21(12-14-22)18-7-3-1-4-8-18)17-15-23(16-17)27(25,26)19-9-5-2-6-10-19/h1,3-4,7-8,17,19H,2,5-6,9-16H2. The number of amides is 1. The van der Waals surface area contributed by atoms with Crippen LogP contribution in [0.1, 0.15) is 32.1 Å². The molecule has 4 rings (SSSR count). The van der Waals surface area contributed by atoms with Crippen LogP contribution in [0.25, 0.3) is 0 Å². The first kappa shape index (κ1) is 18.7. The van der Waals surface area contributed by atoms with E-state index in [1.807, 2.05) is 23.1 Å². The topological polar surface area (TPSA) is 60.9 Å². The number of hydrogen-bond acceptors (Lipinski definition) is 4. The predicted octanol–water partition coefficient (Wildman–Crippen LogP) is 1.93. The van der Waals surface area contributed by atoms with Crippen molar-refractivity contribution < 1.29 is 13.2 Å². The highest BCUT2D eigenvalue weighted by molar-refractivity contribution is 7.89. The Morgan fingerprint density at radius 1 is 0.889 bits per heavy atom. The molecular formula is C20H29N3O3S. The SMILES string of the molecule is O=C(C1CN(S(=O)(=O)C2CCCCC2)C1)N1CCN(c2ccccc2)CC1. The summed E-state index contributed by atoms with van der Waals surface area (Å²) in [6.45, 7) is 3.81. The summed E-state index contributed by atoms with van der Waals surface area (Å²) in [5.41, 5.74) is 1.19. The minimum atomic E-state index is -3.21. The molecule has 2 heterocycles. The third-order valence-electron chi connectivity index (χ3n) is 6.24. The van der Waals surface area contributed by atoms with Crippen molar-refractivity contribution in [2.24, 2.45) is 5.92 Å². The smallest absolute Gasteiger partial charge is 0.228 e. The number of carbonyl (C=O) groups excluding carboxylic acids is 1. The lowest BCUT2D eigenvalue weighted by atomic mass is 10.0. The summed E-state index contributed by atoms with van der Waals surface area (Å²) >= 11 is 0. The van der Waals surface area contributed by atoms with E-state index in [2.05, 4.69) is 17.0 Å². The van der Waals surface area contributed by atoms with E-state index >= 15 is 0 Å². The molecule has 0 radical (unpaired) electrons. The van der Waals surface area contributed by atoms with Crippen molar-refractivity contribution in [3.8, 4) is 0 Å². The molecule has 0 N–H and O–H groups in total. The minimum absolute atomic E-state index is 0.123. The second kappa shape index (κ2) is 7.80. The van der Waals surface area contributed by atoms with Crippen LogP contribution < -0.4 is 4.90 Å². The molecule has 0 unspecified atom stereocenters. The maximum atomic E-state index is 12.8. The van der Waals surface area contributed by atoms with Gasteiger partial charge in [0.15, 0.2) is 0 Å². The highest BCUT2D eigenvalue weighted by Gasteiger charge is 2.44. The molecule has 1 aliphatic carbocycles. The summed E-state index contributed by atoms with van der Waals surface area (Å²) in [5.74, 6) is -0.0375. The molecular weight excluding hydrogens is 362 g/mol. The first-order chi connectivity index (χ1) is 13.1. The number of piperazine rings is 1. The fourth-order valence-electron chi connectivity index (χ4n) is 4.46. The number of benzene rings is 1. The Morgan fingerprint density at radius 3 is 2.15 bits per heavy atom. The Morgan fingerprint density at radius 2 is 1.52 bits per heavy atom. The normalized spacial score (nSPS) is 23.3. The fourth-order valence-corrected chi connectivity index (χ4v) is 6.58. The van der Waals surface area contributed by atoms with Gasteiger partial charge in [0.2, 0.25) is 15.9 Å². The number of nitrogens with zero attached hydrogens (tertiary/aromatic N) is 3. The van der Waals surface area contributed by atoms with Crippen LogP contribution in [0.4, 0.5) is 5.69 Å². The van der Waals surface area contributed by atoms with Crippen molar-refractivity contribution in [1.82, 2.24) is 9.21 Å². The van der Waals surface area contributed by atoms with Crippen LogP contribution in [-0.4, -0.2) is 68.0 Å². The molecule has 1 aromatic rings. The Balaban J connectivity index is 1.27. The summed E-state index contributed by atoms with van der Waals surface area (Å²) in [4.78, 5) is 17.0. The highest BCUT2D eigenvalue weighted by Crippen LogP contribution is 2.31. The zero-order valence-electron chi connectivity index (χ0n) is 15.8. The van der Waals surface area contributed by atoms with Gasteiger partial charge in [-0.2, -0.15) is 4.31 Å². The second-order valence-electron chi connectivity index (χ2n) is 7.97. The molecule has 1 saturated carbocycles. The number of anilines is 1. The predicted molar refractivity (Wildman–Crippen MR) is 106 cm³/mol. The molecule has 0 atom stereocenters. The van der Waals surface area contributed by atoms with E-state index in [0.717, 1.165) is 45.2 Å². The van der Waals surface area contributed by atoms with E-state index in [1.54, 1.807) is 4.31 Å². The lowest BCUT2D eigenvalue weighted by Crippen LogP contribution is -2.60. The van der Waals surface area contributed by atoms with Gasteiger partial charge in [0.05, 0.1) is 11.2 Å². The van der Waals surface area contributed by atoms with E-state index in [9.17, 15) is 13.2 Å². The maximum absolute atomic E-state index is 12.8. The molecule has 27 heavy (non-hydrogen) atoms. The van der Waals surface area contributed by atoms with Gasteiger partial charge in [-0.15, -0.1) is 0 Å². The highest BCUT2D eigenvalue weighted by atomic mass is 32.2. The third kappa shape index (κ3) is 3.85. The van der Waals surface area contributed by atoms with Crippen molar-refractivity contribution >= 4 is 21.6 Å². The van der Waals surface area contributed by atoms with Crippen LogP contribution in [-0.2, 0) is 14.8 Å². The van der Waals surface area contributed by atoms with Crippen molar-refractivity contribution in [3.63, 3.8) is 0 Å². The van der Waals surface area contributed by atoms with E-state index in [0.29, 0.717) is 26.2 Å². The van der Waals surface area contributed by atoms with Crippen LogP contribution in [0, 0.1) is 5.92 Å². The van der Waals surface area contributed by atoms with Crippen LogP contribution in [0.2, 0.25) is 0 Å². The zero-order chi connectivity index (χ0) is 18.9. The number of hydrogen-bond donors (Lipinski definition) is 0. The number of para-hydroxylation sites is 1. The number of carbonyl (C=O) groups is 1. The molecule has 0 spiro atoms. The Bertz CT molecular complexity index is 748. The first-order valence-electron chi connectivity index (χ1n) is 10.1. The average molecular weight is 392 g/mol. The molecule has 3 aliphatic rings. The van der Waals surface area contributed by atoms with Gasteiger partial charge in [-0.05, 0) is 25.0 Å². The van der Waals surface area contributed by atoms with Crippen LogP contribution in [0.3, 0.4) is 0 Å². The lowest BCUT2D eigenvalue weighted by Gasteiger charge is -2.43. The fraction of sp³-hybridized carbons (Fsp3) is 0.650. The van der Waals surface area contributed by atoms with Gasteiger partial charge in [0, 0.05) is 45.0 Å². The molecule has 2 saturated heterocycles. The second-order valence-corrected chi connectivity index (χ2v) is 10.2. The van der Waals surface area contributed by atoms with Crippen molar-refractivity contribution in [3.05, 3.63) is 30.3 Å². The van der Waals surface area contributed by atoms with Gasteiger partial charge < -0.3 is 9.80 Å². The van der Waals surface area contributed by atoms with Gasteiger partial charge in [-0.25, -0.2) is 8.42 Å². The molecule has 7 heteroatoms. The van der Waals surface area contributed by atoms with Crippen molar-refractivity contribution in [1.29, 1.82) is 0 Å². The molecule has 1 aromatic carbocycles. The van der Waals surface area contributed by atoms with E-state index in [-0.39, 0.29) is 17.1 Å². The molecule has 0 bridgehead atoms. The van der Waals surface area contributed by atoms with Gasteiger partial charge in [-0.1, -0.05) is 37.5 Å². The molecule has 2 aliphatic heterocycles. The van der Waals surface area contributed by atoms with Crippen molar-refractivity contribution in [2.45, 2.75) is 37.4 Å². The Kier molecular flexibility index (Phi) is 5.41. The van der Waals surface area contributed by atoms with Gasteiger partial charge in [0.25, 0.3) is 0 Å². The summed E-state index contributed by atoms with van der Waals surface area (Å²) < 4.78 is 27.0. The van der Waals surface area contributed by atoms with E-state index in [1.165, 1.54) is 5.69 Å². The van der Waals surface area contributed by atoms with Gasteiger partial charge in [-0.3, -0.25) is 4.79 Å². The third-order valence-corrected chi connectivity index (χ3v) is 8.58. The summed E-state index contributed by atoms with van der Waals surface area (Å²) in [5, 5.41) is -0.225. The lowest BCUT2D eigenvalue weighted by molar-refractivity contribution is -0.139. The van der Waals surface area contributed by atoms with E-state index in [4.69, 9.17) is 0 Å². The summed E-state index contributed by atoms with van der Waals surface area (Å²) in [6.07, 6.45) is 4.71. The Hall–Kier alpha value is -1.60. The summed E-state index contributed by atoms with van der Waals surface area (Å²) in [7, 11) is -3.21. The maximum Gasteiger partial charge on any atom is 0.228 e. The first-order valence-corrected chi connectivity index (χ1v) is 11.6. The molecule has 1 amide bonds. The van der Waals surface area contributed by atoms with E-state index < -0.39 is 10.0 Å². The molecule has 6 nitrogen and oxygen atoms in total. The monoisotopic (exact) mass is 391 g/mol. The van der Waals surface area contributed by atoms with Crippen LogP contribution in [0.15, 0.2) is 30.3 Å². The van der Waals surface area contributed by atoms with Crippen LogP contribution >= 0.6 is 0 Å². The minimum Gasteiger partial charge on any atom is -0.368 e. The molecule has 0 aromatic heterocycles. The number of sulfonamides is 1. The largest absolute Gasteiger partial charge is 0.368 e. The average Bonchev–Trinajstić information content (AvgIpc) is 2.68. The summed E-state index contributed by atoms with van der Waals surface area (Å²) in [6, 6.07) is 10.3. The zero-order valence-corrected chi connectivity index (χ0v) is 16.6. The van der Waals surface area contributed by atoms with Gasteiger partial charge in [0.1, 0.15) is 0 Å². The van der Waals surface area contributed by atoms with Crippen LogP contribution in [0.5, 0.6) is 0 Å². The molecule has 3 fully saturated rings. The number of rotatable bonds is 4. The van der Waals surface area contributed by atoms with Crippen molar-refractivity contribution in [2.75, 3.05) is 44.2 Å². The molecule has 148 valence electrons. The Labute approximate surface area is 162 Å². The van der Waals surface area contributed by atoms with Gasteiger partial charge >= 0.3 is 0 Å². The quantitative estimate of drug-likeness (QED) is 0.787.